The van der Waals surface area contributed by atoms with E-state index in [0.29, 0.717) is 6.54 Å². The Kier molecular flexibility index (Phi) is 3.98. The molecule has 0 unspecified atom stereocenters. The number of likely N-dealkylation sites (N-methyl/N-ethyl adjacent to an activating group) is 1. The Hall–Kier alpha value is -1.55. The van der Waals surface area contributed by atoms with Crippen LogP contribution in [0.25, 0.3) is 0 Å². The summed E-state index contributed by atoms with van der Waals surface area (Å²) in [5.74, 6) is 0.111. The summed E-state index contributed by atoms with van der Waals surface area (Å²) in [7, 11) is 1.96. The van der Waals surface area contributed by atoms with Gasteiger partial charge in [0.25, 0.3) is 0 Å². The van der Waals surface area contributed by atoms with Crippen molar-refractivity contribution < 1.29 is 4.79 Å². The van der Waals surface area contributed by atoms with Gasteiger partial charge in [-0.3, -0.25) is 4.79 Å². The summed E-state index contributed by atoms with van der Waals surface area (Å²) in [6.07, 6.45) is 0.991. The minimum Gasteiger partial charge on any atom is -0.360 e. The maximum Gasteiger partial charge on any atom is 0.239 e. The fourth-order valence-electron chi connectivity index (χ4n) is 2.13. The summed E-state index contributed by atoms with van der Waals surface area (Å²) in [5, 5.41) is 6.01. The molecule has 92 valence electrons. The second-order valence-corrected chi connectivity index (χ2v) is 4.25. The van der Waals surface area contributed by atoms with Crippen molar-refractivity contribution in [2.45, 2.75) is 6.42 Å². The summed E-state index contributed by atoms with van der Waals surface area (Å²) >= 11 is 0. The number of piperazine rings is 1. The lowest BCUT2D eigenvalue weighted by atomic mass is 10.1. The molecule has 1 aliphatic rings. The molecule has 0 aliphatic carbocycles. The van der Waals surface area contributed by atoms with Crippen LogP contribution in [0.5, 0.6) is 0 Å². The lowest BCUT2D eigenvalue weighted by Gasteiger charge is -2.30. The molecule has 0 saturated carbocycles. The number of nitrogens with one attached hydrogen (secondary N) is 2. The number of anilines is 1. The first-order chi connectivity index (χ1) is 8.31. The minimum atomic E-state index is 0.111. The molecule has 1 fully saturated rings. The molecular formula is C13H19N3O. The van der Waals surface area contributed by atoms with Gasteiger partial charge in [0.05, 0.1) is 6.54 Å². The van der Waals surface area contributed by atoms with Crippen molar-refractivity contribution in [3.05, 3.63) is 29.8 Å². The normalized spacial score (nSPS) is 15.8. The van der Waals surface area contributed by atoms with E-state index in [-0.39, 0.29) is 5.91 Å². The van der Waals surface area contributed by atoms with E-state index in [9.17, 15) is 4.79 Å². The highest BCUT2D eigenvalue weighted by Crippen LogP contribution is 2.21. The molecule has 1 aromatic carbocycles. The van der Waals surface area contributed by atoms with Gasteiger partial charge in [0.15, 0.2) is 0 Å². The predicted molar refractivity (Wildman–Crippen MR) is 69.3 cm³/mol. The van der Waals surface area contributed by atoms with Gasteiger partial charge in [-0.2, -0.15) is 0 Å². The molecule has 1 heterocycles. The molecule has 4 nitrogen and oxygen atoms in total. The number of rotatable bonds is 4. The van der Waals surface area contributed by atoms with Crippen LogP contribution in [0, 0.1) is 0 Å². The van der Waals surface area contributed by atoms with E-state index in [4.69, 9.17) is 0 Å². The second-order valence-electron chi connectivity index (χ2n) is 4.25. The number of benzene rings is 1. The van der Waals surface area contributed by atoms with Crippen LogP contribution >= 0.6 is 0 Å². The van der Waals surface area contributed by atoms with Gasteiger partial charge >= 0.3 is 0 Å². The Bertz CT molecular complexity index is 392. The van der Waals surface area contributed by atoms with Crippen molar-refractivity contribution in [2.24, 2.45) is 0 Å². The zero-order valence-electron chi connectivity index (χ0n) is 10.2. The Balaban J connectivity index is 2.15. The first-order valence-corrected chi connectivity index (χ1v) is 6.05. The van der Waals surface area contributed by atoms with Crippen molar-refractivity contribution >= 4 is 11.6 Å². The third-order valence-corrected chi connectivity index (χ3v) is 3.01. The summed E-state index contributed by atoms with van der Waals surface area (Å²) < 4.78 is 0. The van der Waals surface area contributed by atoms with E-state index in [0.717, 1.165) is 26.1 Å². The zero-order chi connectivity index (χ0) is 12.1. The maximum atomic E-state index is 11.4. The van der Waals surface area contributed by atoms with Crippen molar-refractivity contribution in [3.8, 4) is 0 Å². The molecule has 0 bridgehead atoms. The highest BCUT2D eigenvalue weighted by Gasteiger charge is 2.18. The fourth-order valence-corrected chi connectivity index (χ4v) is 2.13. The Morgan fingerprint density at radius 3 is 3.00 bits per heavy atom. The third-order valence-electron chi connectivity index (χ3n) is 3.01. The van der Waals surface area contributed by atoms with Crippen LogP contribution in [-0.4, -0.2) is 39.1 Å². The van der Waals surface area contributed by atoms with Crippen LogP contribution in [0.2, 0.25) is 0 Å². The minimum absolute atomic E-state index is 0.111. The monoisotopic (exact) mass is 233 g/mol. The third kappa shape index (κ3) is 2.97. The van der Waals surface area contributed by atoms with Crippen molar-refractivity contribution in [2.75, 3.05) is 38.1 Å². The molecule has 2 N–H and O–H groups in total. The highest BCUT2D eigenvalue weighted by atomic mass is 16.2. The molecule has 1 aromatic rings. The lowest BCUT2D eigenvalue weighted by molar-refractivity contribution is -0.120. The first-order valence-electron chi connectivity index (χ1n) is 6.05. The van der Waals surface area contributed by atoms with Crippen LogP contribution in [0.3, 0.4) is 0 Å². The van der Waals surface area contributed by atoms with Crippen molar-refractivity contribution in [1.82, 2.24) is 10.6 Å². The standard InChI is InChI=1S/C13H19N3O/c1-14-7-6-11-4-2-3-5-12(11)16-9-8-15-13(17)10-16/h2-5,14H,6-10H2,1H3,(H,15,17). The summed E-state index contributed by atoms with van der Waals surface area (Å²) in [6, 6.07) is 8.33. The van der Waals surface area contributed by atoms with E-state index >= 15 is 0 Å². The van der Waals surface area contributed by atoms with Crippen LogP contribution in [-0.2, 0) is 11.2 Å². The summed E-state index contributed by atoms with van der Waals surface area (Å²) in [5.41, 5.74) is 2.49. The number of carbonyl (C=O) groups excluding carboxylic acids is 1. The van der Waals surface area contributed by atoms with Gasteiger partial charge in [-0.15, -0.1) is 0 Å². The molecule has 0 aromatic heterocycles. The van der Waals surface area contributed by atoms with Gasteiger partial charge in [0.2, 0.25) is 5.91 Å². The average Bonchev–Trinajstić information content (AvgIpc) is 2.37. The Labute approximate surface area is 102 Å². The van der Waals surface area contributed by atoms with Gasteiger partial charge in [-0.05, 0) is 31.6 Å². The van der Waals surface area contributed by atoms with Gasteiger partial charge in [-0.25, -0.2) is 0 Å². The zero-order valence-corrected chi connectivity index (χ0v) is 10.2. The molecule has 2 rings (SSSR count). The van der Waals surface area contributed by atoms with Gasteiger partial charge in [-0.1, -0.05) is 18.2 Å². The molecule has 0 spiro atoms. The number of nitrogens with zero attached hydrogens (tertiary/aromatic N) is 1. The summed E-state index contributed by atoms with van der Waals surface area (Å²) in [4.78, 5) is 13.6. The summed E-state index contributed by atoms with van der Waals surface area (Å²) in [6.45, 7) is 3.05. The number of carbonyl (C=O) groups is 1. The number of para-hydroxylation sites is 1. The quantitative estimate of drug-likeness (QED) is 0.790. The Morgan fingerprint density at radius 1 is 1.41 bits per heavy atom. The fraction of sp³-hybridized carbons (Fsp3) is 0.462. The van der Waals surface area contributed by atoms with Crippen LogP contribution in [0.15, 0.2) is 24.3 Å². The molecule has 4 heteroatoms. The molecule has 1 aliphatic heterocycles. The van der Waals surface area contributed by atoms with E-state index in [1.54, 1.807) is 0 Å². The largest absolute Gasteiger partial charge is 0.360 e. The van der Waals surface area contributed by atoms with Crippen LogP contribution in [0.1, 0.15) is 5.56 Å². The number of amides is 1. The van der Waals surface area contributed by atoms with Crippen LogP contribution < -0.4 is 15.5 Å². The molecular weight excluding hydrogens is 214 g/mol. The smallest absolute Gasteiger partial charge is 0.239 e. The van der Waals surface area contributed by atoms with Gasteiger partial charge in [0.1, 0.15) is 0 Å². The maximum absolute atomic E-state index is 11.4. The van der Waals surface area contributed by atoms with Gasteiger partial charge < -0.3 is 15.5 Å². The highest BCUT2D eigenvalue weighted by molar-refractivity contribution is 5.83. The molecule has 1 amide bonds. The molecule has 1 saturated heterocycles. The number of hydrogen-bond acceptors (Lipinski definition) is 3. The first kappa shape index (κ1) is 11.9. The average molecular weight is 233 g/mol. The second kappa shape index (κ2) is 5.68. The van der Waals surface area contributed by atoms with Gasteiger partial charge in [0, 0.05) is 18.8 Å². The number of hydrogen-bond donors (Lipinski definition) is 2. The molecule has 17 heavy (non-hydrogen) atoms. The lowest BCUT2D eigenvalue weighted by Crippen LogP contribution is -2.48. The van der Waals surface area contributed by atoms with Crippen molar-refractivity contribution in [3.63, 3.8) is 0 Å². The van der Waals surface area contributed by atoms with Crippen LogP contribution in [0.4, 0.5) is 5.69 Å². The van der Waals surface area contributed by atoms with E-state index < -0.39 is 0 Å². The van der Waals surface area contributed by atoms with E-state index in [1.807, 2.05) is 13.1 Å². The molecule has 0 atom stereocenters. The topological polar surface area (TPSA) is 44.4 Å². The van der Waals surface area contributed by atoms with Crippen molar-refractivity contribution in [1.29, 1.82) is 0 Å². The van der Waals surface area contributed by atoms with E-state index in [2.05, 4.69) is 33.7 Å². The molecule has 0 radical (unpaired) electrons. The van der Waals surface area contributed by atoms with E-state index in [1.165, 1.54) is 11.3 Å². The Morgan fingerprint density at radius 2 is 2.24 bits per heavy atom. The predicted octanol–water partition coefficient (Wildman–Crippen LogP) is 0.385. The SMILES string of the molecule is CNCCc1ccccc1N1CCNC(=O)C1.